The summed E-state index contributed by atoms with van der Waals surface area (Å²) in [6.07, 6.45) is -2.87. The van der Waals surface area contributed by atoms with Crippen LogP contribution in [-0.2, 0) is 6.18 Å². The Morgan fingerprint density at radius 2 is 1.50 bits per heavy atom. The van der Waals surface area contributed by atoms with E-state index in [9.17, 15) is 23.1 Å². The summed E-state index contributed by atoms with van der Waals surface area (Å²) < 4.78 is 39.5. The molecule has 1 aromatic heterocycles. The van der Waals surface area contributed by atoms with E-state index in [1.165, 1.54) is 11.0 Å². The number of aromatic hydroxyl groups is 1. The van der Waals surface area contributed by atoms with Crippen LogP contribution in [0.15, 0.2) is 85.1 Å². The predicted octanol–water partition coefficient (Wildman–Crippen LogP) is 6.79. The predicted molar refractivity (Wildman–Crippen MR) is 121 cm³/mol. The summed E-state index contributed by atoms with van der Waals surface area (Å²) in [6.45, 7) is 0. The summed E-state index contributed by atoms with van der Waals surface area (Å²) in [5.41, 5.74) is 1.71. The maximum atomic E-state index is 13.1. The Hall–Kier alpha value is -3.58. The van der Waals surface area contributed by atoms with Gasteiger partial charge in [-0.3, -0.25) is 4.79 Å². The van der Waals surface area contributed by atoms with Crippen molar-refractivity contribution in [3.8, 4) is 5.75 Å². The molecule has 0 saturated carbocycles. The largest absolute Gasteiger partial charge is 0.506 e. The van der Waals surface area contributed by atoms with Crippen LogP contribution in [-0.4, -0.2) is 23.0 Å². The van der Waals surface area contributed by atoms with Gasteiger partial charge in [0.2, 0.25) is 0 Å². The monoisotopic (exact) mass is 453 g/mol. The lowest BCUT2D eigenvalue weighted by atomic mass is 9.99. The molecule has 0 spiro atoms. The van der Waals surface area contributed by atoms with E-state index in [1.54, 1.807) is 13.2 Å². The normalized spacial score (nSPS) is 11.4. The summed E-state index contributed by atoms with van der Waals surface area (Å²) >= 11 is 0.961. The van der Waals surface area contributed by atoms with Crippen LogP contribution < -0.4 is 0 Å². The van der Waals surface area contributed by atoms with E-state index in [1.807, 2.05) is 60.7 Å². The van der Waals surface area contributed by atoms with Gasteiger partial charge in [-0.2, -0.15) is 13.2 Å². The maximum absolute atomic E-state index is 13.1. The van der Waals surface area contributed by atoms with E-state index in [0.29, 0.717) is 4.70 Å². The zero-order valence-corrected chi connectivity index (χ0v) is 17.7. The molecule has 1 N–H and O–H groups in total. The number of hydrogen-bond donors (Lipinski definition) is 1. The first-order chi connectivity index (χ1) is 15.3. The van der Waals surface area contributed by atoms with Gasteiger partial charge in [0.05, 0.1) is 5.56 Å². The Balaban J connectivity index is 1.74. The fourth-order valence-corrected chi connectivity index (χ4v) is 4.43. The molecule has 0 bridgehead atoms. The molecular formula is C25H18F3NO2S. The quantitative estimate of drug-likeness (QED) is 0.370. The van der Waals surface area contributed by atoms with E-state index in [2.05, 4.69) is 0 Å². The van der Waals surface area contributed by atoms with Crippen LogP contribution in [0, 0.1) is 0 Å². The molecule has 0 atom stereocenters. The van der Waals surface area contributed by atoms with E-state index in [0.717, 1.165) is 40.2 Å². The van der Waals surface area contributed by atoms with E-state index >= 15 is 0 Å². The van der Waals surface area contributed by atoms with Gasteiger partial charge in [0.25, 0.3) is 5.91 Å². The molecule has 0 radical (unpaired) electrons. The minimum atomic E-state index is -4.54. The molecule has 3 nitrogen and oxygen atoms in total. The summed E-state index contributed by atoms with van der Waals surface area (Å²) in [5.74, 6) is -0.955. The first kappa shape index (κ1) is 21.6. The van der Waals surface area contributed by atoms with Gasteiger partial charge in [-0.25, -0.2) is 0 Å². The van der Waals surface area contributed by atoms with Crippen LogP contribution >= 0.6 is 11.3 Å². The van der Waals surface area contributed by atoms with Crippen molar-refractivity contribution in [1.82, 2.24) is 4.90 Å². The van der Waals surface area contributed by atoms with E-state index in [4.69, 9.17) is 0 Å². The summed E-state index contributed by atoms with van der Waals surface area (Å²) in [4.78, 5) is 14.4. The standard InChI is InChI=1S/C25H18F3NO2S/c1-29(15-20(16-8-4-2-5-9-16)17-10-6-3-7-11-17)24(31)23-22(30)19-14-18(25(26,27)28)12-13-21(19)32-23/h2-15,30H,1H3. The number of benzene rings is 3. The van der Waals surface area contributed by atoms with Gasteiger partial charge in [0.15, 0.2) is 0 Å². The van der Waals surface area contributed by atoms with Gasteiger partial charge in [0, 0.05) is 28.9 Å². The highest BCUT2D eigenvalue weighted by molar-refractivity contribution is 7.21. The second kappa shape index (κ2) is 8.51. The highest BCUT2D eigenvalue weighted by Crippen LogP contribution is 2.41. The lowest BCUT2D eigenvalue weighted by Gasteiger charge is -2.16. The van der Waals surface area contributed by atoms with Crippen molar-refractivity contribution in [3.05, 3.63) is 107 Å². The molecule has 1 heterocycles. The number of hydrogen-bond acceptors (Lipinski definition) is 3. The van der Waals surface area contributed by atoms with E-state index in [-0.39, 0.29) is 10.3 Å². The van der Waals surface area contributed by atoms with Crippen molar-refractivity contribution in [2.24, 2.45) is 0 Å². The highest BCUT2D eigenvalue weighted by Gasteiger charge is 2.31. The van der Waals surface area contributed by atoms with Crippen molar-refractivity contribution < 1.29 is 23.1 Å². The number of carbonyl (C=O) groups is 1. The first-order valence-electron chi connectivity index (χ1n) is 9.68. The molecule has 0 aliphatic rings. The van der Waals surface area contributed by atoms with Gasteiger partial charge < -0.3 is 10.0 Å². The molecule has 32 heavy (non-hydrogen) atoms. The summed E-state index contributed by atoms with van der Waals surface area (Å²) in [6, 6.07) is 22.1. The van der Waals surface area contributed by atoms with Crippen molar-refractivity contribution in [2.75, 3.05) is 7.05 Å². The number of nitrogens with zero attached hydrogens (tertiary/aromatic N) is 1. The lowest BCUT2D eigenvalue weighted by Crippen LogP contribution is -2.20. The molecule has 0 aliphatic carbocycles. The average molecular weight is 453 g/mol. The Morgan fingerprint density at radius 1 is 0.938 bits per heavy atom. The minimum absolute atomic E-state index is 0.0110. The number of thiophene rings is 1. The Morgan fingerprint density at radius 3 is 2.03 bits per heavy atom. The van der Waals surface area contributed by atoms with Gasteiger partial charge >= 0.3 is 6.18 Å². The van der Waals surface area contributed by atoms with Crippen LogP contribution in [0.4, 0.5) is 13.2 Å². The minimum Gasteiger partial charge on any atom is -0.506 e. The molecule has 7 heteroatoms. The van der Waals surface area contributed by atoms with Crippen LogP contribution in [0.3, 0.4) is 0 Å². The molecule has 1 amide bonds. The molecule has 162 valence electrons. The number of rotatable bonds is 4. The number of halogens is 3. The lowest BCUT2D eigenvalue weighted by molar-refractivity contribution is -0.137. The van der Waals surface area contributed by atoms with Crippen molar-refractivity contribution >= 4 is 32.9 Å². The smallest absolute Gasteiger partial charge is 0.416 e. The van der Waals surface area contributed by atoms with Crippen LogP contribution in [0.2, 0.25) is 0 Å². The third-order valence-electron chi connectivity index (χ3n) is 5.00. The topological polar surface area (TPSA) is 40.5 Å². The maximum Gasteiger partial charge on any atom is 0.416 e. The Bertz CT molecular complexity index is 1250. The molecule has 0 saturated heterocycles. The number of amides is 1. The third-order valence-corrected chi connectivity index (χ3v) is 6.14. The number of alkyl halides is 3. The zero-order valence-electron chi connectivity index (χ0n) is 16.9. The van der Waals surface area contributed by atoms with Gasteiger partial charge in [-0.15, -0.1) is 11.3 Å². The zero-order chi connectivity index (χ0) is 22.9. The molecule has 3 aromatic carbocycles. The summed E-state index contributed by atoms with van der Waals surface area (Å²) in [7, 11) is 1.55. The molecule has 0 unspecified atom stereocenters. The van der Waals surface area contributed by atoms with Crippen LogP contribution in [0.1, 0.15) is 26.4 Å². The second-order valence-corrected chi connectivity index (χ2v) is 8.23. The SMILES string of the molecule is CN(C=C(c1ccccc1)c1ccccc1)C(=O)c1sc2ccc(C(F)(F)F)cc2c1O. The summed E-state index contributed by atoms with van der Waals surface area (Å²) in [5, 5.41) is 10.6. The molecule has 0 fully saturated rings. The second-order valence-electron chi connectivity index (χ2n) is 7.18. The molecule has 4 aromatic rings. The van der Waals surface area contributed by atoms with Crippen molar-refractivity contribution in [3.63, 3.8) is 0 Å². The number of fused-ring (bicyclic) bond motifs is 1. The van der Waals surface area contributed by atoms with Gasteiger partial charge in [0.1, 0.15) is 10.6 Å². The van der Waals surface area contributed by atoms with Gasteiger partial charge in [-0.1, -0.05) is 60.7 Å². The van der Waals surface area contributed by atoms with Crippen molar-refractivity contribution in [2.45, 2.75) is 6.18 Å². The van der Waals surface area contributed by atoms with Crippen molar-refractivity contribution in [1.29, 1.82) is 0 Å². The molecule has 0 aliphatic heterocycles. The highest BCUT2D eigenvalue weighted by atomic mass is 32.1. The van der Waals surface area contributed by atoms with Crippen LogP contribution in [0.25, 0.3) is 15.7 Å². The Labute approximate surface area is 186 Å². The fraction of sp³-hybridized carbons (Fsp3) is 0.0800. The molecule has 4 rings (SSSR count). The average Bonchev–Trinajstić information content (AvgIpc) is 3.13. The number of carbonyl (C=O) groups excluding carboxylic acids is 1. The fourth-order valence-electron chi connectivity index (χ4n) is 3.37. The Kier molecular flexibility index (Phi) is 5.76. The first-order valence-corrected chi connectivity index (χ1v) is 10.5. The van der Waals surface area contributed by atoms with Gasteiger partial charge in [-0.05, 0) is 29.3 Å². The third kappa shape index (κ3) is 4.24. The van der Waals surface area contributed by atoms with E-state index < -0.39 is 23.4 Å². The molecular weight excluding hydrogens is 435 g/mol. The van der Waals surface area contributed by atoms with Crippen LogP contribution in [0.5, 0.6) is 5.75 Å².